The van der Waals surface area contributed by atoms with Crippen molar-refractivity contribution in [1.82, 2.24) is 20.6 Å². The summed E-state index contributed by atoms with van der Waals surface area (Å²) in [5.41, 5.74) is 11.2. The number of carbonyl (C=O) groups excluding carboxylic acids is 3. The first-order chi connectivity index (χ1) is 17.0. The summed E-state index contributed by atoms with van der Waals surface area (Å²) in [6.45, 7) is 1.69. The molecular weight excluding hydrogens is 537 g/mol. The average molecular weight is 553 g/mol. The third-order valence-electron chi connectivity index (χ3n) is 5.01. The van der Waals surface area contributed by atoms with Crippen LogP contribution in [0.4, 0.5) is 11.6 Å². The van der Waals surface area contributed by atoms with Crippen LogP contribution in [0.2, 0.25) is 15.2 Å². The van der Waals surface area contributed by atoms with E-state index >= 15 is 0 Å². The fraction of sp³-hybridized carbons (Fsp3) is 0.143. The van der Waals surface area contributed by atoms with Crippen LogP contribution in [0, 0.1) is 12.3 Å². The van der Waals surface area contributed by atoms with Crippen LogP contribution in [0.3, 0.4) is 0 Å². The van der Waals surface area contributed by atoms with Gasteiger partial charge in [-0.15, -0.1) is 0 Å². The number of benzene rings is 1. The molecule has 1 aliphatic rings. The maximum Gasteiger partial charge on any atom is 0.280 e. The molecule has 36 heavy (non-hydrogen) atoms. The number of nitrogen functional groups attached to an aromatic ring is 2. The number of hydrogen-bond acceptors (Lipinski definition) is 10. The molecule has 0 spiro atoms. The van der Waals surface area contributed by atoms with Gasteiger partial charge in [0.05, 0.1) is 5.02 Å². The first-order valence-corrected chi connectivity index (χ1v) is 11.2. The van der Waals surface area contributed by atoms with Gasteiger partial charge in [-0.1, -0.05) is 34.8 Å². The molecule has 0 saturated heterocycles. The average Bonchev–Trinajstić information content (AvgIpc) is 3.44. The molecule has 0 radical (unpaired) electrons. The number of hydrogen-bond donors (Lipinski definition) is 5. The predicted octanol–water partition coefficient (Wildman–Crippen LogP) is 2.52. The number of nitrogens with one attached hydrogen (secondary N) is 3. The number of anilines is 2. The molecule has 1 aromatic carbocycles. The maximum absolute atomic E-state index is 12.8. The number of rotatable bonds is 4. The molecule has 186 valence electrons. The van der Waals surface area contributed by atoms with Crippen molar-refractivity contribution in [3.05, 3.63) is 61.7 Å². The maximum atomic E-state index is 12.8. The summed E-state index contributed by atoms with van der Waals surface area (Å²) in [5.74, 6) is -2.63. The van der Waals surface area contributed by atoms with Crippen molar-refractivity contribution in [1.29, 1.82) is 5.41 Å². The molecule has 15 heteroatoms. The second-order valence-electron chi connectivity index (χ2n) is 7.54. The Labute approximate surface area is 217 Å². The quantitative estimate of drug-likeness (QED) is 0.183. The molecule has 1 unspecified atom stereocenters. The Hall–Kier alpha value is -3.87. The van der Waals surface area contributed by atoms with E-state index in [0.717, 1.165) is 0 Å². The Kier molecular flexibility index (Phi) is 6.76. The van der Waals surface area contributed by atoms with Crippen LogP contribution in [0.15, 0.2) is 22.6 Å². The van der Waals surface area contributed by atoms with Crippen LogP contribution in [0.5, 0.6) is 5.75 Å². The molecule has 0 aliphatic carbocycles. The van der Waals surface area contributed by atoms with Gasteiger partial charge >= 0.3 is 0 Å². The van der Waals surface area contributed by atoms with E-state index in [0.29, 0.717) is 11.3 Å². The minimum absolute atomic E-state index is 0.0166. The van der Waals surface area contributed by atoms with E-state index in [4.69, 9.17) is 60.8 Å². The Balaban J connectivity index is 1.45. The fourth-order valence-electron chi connectivity index (χ4n) is 3.34. The van der Waals surface area contributed by atoms with Gasteiger partial charge in [0.2, 0.25) is 11.7 Å². The van der Waals surface area contributed by atoms with Crippen molar-refractivity contribution in [3.63, 3.8) is 0 Å². The first kappa shape index (κ1) is 25.2. The zero-order chi connectivity index (χ0) is 26.3. The lowest BCUT2D eigenvalue weighted by Crippen LogP contribution is -2.48. The summed E-state index contributed by atoms with van der Waals surface area (Å²) in [7, 11) is 0. The van der Waals surface area contributed by atoms with Crippen molar-refractivity contribution in [2.45, 2.75) is 19.4 Å². The van der Waals surface area contributed by atoms with E-state index in [1.54, 1.807) is 13.0 Å². The van der Waals surface area contributed by atoms with E-state index in [1.807, 2.05) is 0 Å². The largest absolute Gasteiger partial charge is 0.478 e. The zero-order valence-electron chi connectivity index (χ0n) is 18.2. The fourth-order valence-corrected chi connectivity index (χ4v) is 3.96. The van der Waals surface area contributed by atoms with Gasteiger partial charge in [-0.3, -0.25) is 30.4 Å². The van der Waals surface area contributed by atoms with E-state index < -0.39 is 29.7 Å². The van der Waals surface area contributed by atoms with E-state index in [2.05, 4.69) is 20.6 Å². The lowest BCUT2D eigenvalue weighted by atomic mass is 10.0. The smallest absolute Gasteiger partial charge is 0.280 e. The minimum Gasteiger partial charge on any atom is -0.478 e. The number of ether oxygens (including phenoxy) is 1. The van der Waals surface area contributed by atoms with Crippen molar-refractivity contribution in [2.24, 2.45) is 0 Å². The molecule has 2 aromatic heterocycles. The van der Waals surface area contributed by atoms with E-state index in [1.165, 1.54) is 12.1 Å². The SMILES string of the molecule is Cc1ccc(C(=O)c2cc3c(c(Cl)c2Cl)OC(C(=O)NC(=N)NC(=O)c2nc(Cl)c(N)nc2N)C3)o1. The monoisotopic (exact) mass is 551 g/mol. The van der Waals surface area contributed by atoms with Crippen LogP contribution in [0.25, 0.3) is 0 Å². The number of nitrogens with zero attached hydrogens (tertiary/aromatic N) is 2. The van der Waals surface area contributed by atoms with Crippen LogP contribution in [-0.4, -0.2) is 39.6 Å². The van der Waals surface area contributed by atoms with Gasteiger partial charge in [0.1, 0.15) is 16.5 Å². The molecule has 3 aromatic rings. The summed E-state index contributed by atoms with van der Waals surface area (Å²) in [6.07, 6.45) is -1.11. The van der Waals surface area contributed by atoms with Crippen molar-refractivity contribution in [3.8, 4) is 5.75 Å². The highest BCUT2D eigenvalue weighted by atomic mass is 35.5. The number of fused-ring (bicyclic) bond motifs is 1. The van der Waals surface area contributed by atoms with Gasteiger partial charge in [-0.25, -0.2) is 9.97 Å². The molecule has 1 aliphatic heterocycles. The van der Waals surface area contributed by atoms with Gasteiger partial charge in [0, 0.05) is 17.5 Å². The second kappa shape index (κ2) is 9.64. The van der Waals surface area contributed by atoms with Crippen LogP contribution >= 0.6 is 34.8 Å². The number of amides is 2. The number of aromatic nitrogens is 2. The number of guanidine groups is 1. The van der Waals surface area contributed by atoms with Gasteiger partial charge in [-0.05, 0) is 25.1 Å². The van der Waals surface area contributed by atoms with E-state index in [-0.39, 0.29) is 56.0 Å². The molecule has 3 heterocycles. The Morgan fingerprint density at radius 3 is 2.47 bits per heavy atom. The van der Waals surface area contributed by atoms with E-state index in [9.17, 15) is 14.4 Å². The Bertz CT molecular complexity index is 1460. The normalized spacial score (nSPS) is 14.1. The minimum atomic E-state index is -1.13. The number of furan rings is 1. The molecule has 2 amide bonds. The number of carbonyl (C=O) groups is 3. The third-order valence-corrected chi connectivity index (χ3v) is 6.14. The van der Waals surface area contributed by atoms with Crippen LogP contribution in [0.1, 0.15) is 37.9 Å². The number of aryl methyl sites for hydroxylation is 1. The van der Waals surface area contributed by atoms with Crippen molar-refractivity contribution >= 4 is 70.0 Å². The Morgan fingerprint density at radius 1 is 1.08 bits per heavy atom. The summed E-state index contributed by atoms with van der Waals surface area (Å²) in [4.78, 5) is 45.2. The van der Waals surface area contributed by atoms with Crippen molar-refractivity contribution in [2.75, 3.05) is 11.5 Å². The topological polar surface area (TPSA) is 199 Å². The van der Waals surface area contributed by atoms with Gasteiger partial charge in [-0.2, -0.15) is 0 Å². The molecule has 0 saturated carbocycles. The van der Waals surface area contributed by atoms with Crippen LogP contribution < -0.4 is 26.8 Å². The molecule has 4 rings (SSSR count). The molecule has 1 atom stereocenters. The molecule has 0 bridgehead atoms. The zero-order valence-corrected chi connectivity index (χ0v) is 20.5. The number of halogens is 3. The second-order valence-corrected chi connectivity index (χ2v) is 8.66. The van der Waals surface area contributed by atoms with Crippen LogP contribution in [-0.2, 0) is 11.2 Å². The number of ketones is 1. The highest BCUT2D eigenvalue weighted by molar-refractivity contribution is 6.45. The molecule has 7 N–H and O–H groups in total. The third kappa shape index (κ3) is 4.78. The van der Waals surface area contributed by atoms with Gasteiger partial charge < -0.3 is 20.6 Å². The first-order valence-electron chi connectivity index (χ1n) is 10.0. The summed E-state index contributed by atoms with van der Waals surface area (Å²) in [5, 5.41) is 11.8. The summed E-state index contributed by atoms with van der Waals surface area (Å²) >= 11 is 18.4. The van der Waals surface area contributed by atoms with Gasteiger partial charge in [0.15, 0.2) is 34.3 Å². The molecule has 0 fully saturated rings. The highest BCUT2D eigenvalue weighted by Gasteiger charge is 2.34. The predicted molar refractivity (Wildman–Crippen MR) is 131 cm³/mol. The molecular formula is C21H16Cl3N7O5. The standard InChI is InChI=1S/C21H16Cl3N7O5/c1-6-2-3-9(35-6)14(32)8-4-7-5-10(36-15(7)12(23)11(8)22)19(33)30-21(27)31-20(34)13-17(25)29-18(26)16(24)28-13/h2-4,10H,5H2,1H3,(H4,25,26,29)(H3,27,30,31,33,34). The lowest BCUT2D eigenvalue weighted by Gasteiger charge is -2.13. The highest BCUT2D eigenvalue weighted by Crippen LogP contribution is 2.43. The van der Waals surface area contributed by atoms with Crippen molar-refractivity contribution < 1.29 is 23.5 Å². The number of nitrogens with two attached hydrogens (primary N) is 2. The molecule has 12 nitrogen and oxygen atoms in total. The Morgan fingerprint density at radius 2 is 1.81 bits per heavy atom. The van der Waals surface area contributed by atoms with Gasteiger partial charge in [0.25, 0.3) is 11.8 Å². The lowest BCUT2D eigenvalue weighted by molar-refractivity contribution is -0.125. The summed E-state index contributed by atoms with van der Waals surface area (Å²) in [6, 6.07) is 4.62. The summed E-state index contributed by atoms with van der Waals surface area (Å²) < 4.78 is 11.0.